The van der Waals surface area contributed by atoms with Gasteiger partial charge in [0, 0.05) is 17.9 Å². The van der Waals surface area contributed by atoms with E-state index >= 15 is 0 Å². The van der Waals surface area contributed by atoms with Crippen molar-refractivity contribution in [1.29, 1.82) is 0 Å². The molecule has 0 aliphatic heterocycles. The zero-order valence-corrected chi connectivity index (χ0v) is 13.1. The molecule has 0 atom stereocenters. The predicted molar refractivity (Wildman–Crippen MR) is 90.0 cm³/mol. The summed E-state index contributed by atoms with van der Waals surface area (Å²) in [5.74, 6) is 0.847. The van der Waals surface area contributed by atoms with Crippen molar-refractivity contribution >= 4 is 17.2 Å². The van der Waals surface area contributed by atoms with Crippen molar-refractivity contribution in [2.24, 2.45) is 0 Å². The first-order chi connectivity index (χ1) is 10.1. The molecule has 0 amide bonds. The normalized spacial score (nSPS) is 10.9. The van der Waals surface area contributed by atoms with Crippen LogP contribution in [0.1, 0.15) is 12.1 Å². The number of rotatable bonds is 6. The topological polar surface area (TPSA) is 45.4 Å². The molecule has 2 N–H and O–H groups in total. The van der Waals surface area contributed by atoms with Crippen LogP contribution in [0.2, 0.25) is 0 Å². The lowest BCUT2D eigenvalue weighted by Crippen LogP contribution is -2.24. The maximum Gasteiger partial charge on any atom is 0.156 e. The van der Waals surface area contributed by atoms with Gasteiger partial charge in [0.1, 0.15) is 0 Å². The summed E-state index contributed by atoms with van der Waals surface area (Å²) in [6.45, 7) is 3.92. The fraction of sp³-hybridized carbons (Fsp3) is 0.353. The monoisotopic (exact) mass is 284 g/mol. The Morgan fingerprint density at radius 1 is 1.00 bits per heavy atom. The van der Waals surface area contributed by atoms with E-state index < -0.39 is 0 Å². The highest BCUT2D eigenvalue weighted by atomic mass is 15.2. The van der Waals surface area contributed by atoms with Gasteiger partial charge in [-0.3, -0.25) is 0 Å². The number of para-hydroxylation sites is 1. The van der Waals surface area contributed by atoms with E-state index in [0.29, 0.717) is 5.69 Å². The van der Waals surface area contributed by atoms with Gasteiger partial charge in [-0.1, -0.05) is 18.2 Å². The number of benzene rings is 1. The Balaban J connectivity index is 2.29. The van der Waals surface area contributed by atoms with Crippen LogP contribution < -0.4 is 10.6 Å². The average molecular weight is 284 g/mol. The molecule has 0 saturated carbocycles. The van der Waals surface area contributed by atoms with Crippen LogP contribution in [0.3, 0.4) is 0 Å². The number of pyridine rings is 1. The lowest BCUT2D eigenvalue weighted by molar-refractivity contribution is 0.402. The molecule has 0 aliphatic rings. The molecular weight excluding hydrogens is 260 g/mol. The van der Waals surface area contributed by atoms with E-state index in [2.05, 4.69) is 41.0 Å². The van der Waals surface area contributed by atoms with Gasteiger partial charge in [0.25, 0.3) is 0 Å². The van der Waals surface area contributed by atoms with Gasteiger partial charge >= 0.3 is 0 Å². The van der Waals surface area contributed by atoms with Crippen molar-refractivity contribution in [2.75, 3.05) is 37.8 Å². The smallest absolute Gasteiger partial charge is 0.156 e. The second-order valence-corrected chi connectivity index (χ2v) is 5.51. The molecule has 0 unspecified atom stereocenters. The first-order valence-corrected chi connectivity index (χ1v) is 7.28. The molecule has 0 aliphatic carbocycles. The summed E-state index contributed by atoms with van der Waals surface area (Å²) in [4.78, 5) is 9.03. The minimum atomic E-state index is 0.717. The molecule has 2 rings (SSSR count). The van der Waals surface area contributed by atoms with E-state index in [1.807, 2.05) is 37.3 Å². The Bertz CT molecular complexity index is 566. The third kappa shape index (κ3) is 4.20. The maximum atomic E-state index is 6.14. The fourth-order valence-corrected chi connectivity index (χ4v) is 2.28. The number of nitrogens with two attached hydrogens (primary N) is 1. The number of nitrogens with zero attached hydrogens (tertiary/aromatic N) is 3. The van der Waals surface area contributed by atoms with E-state index in [0.717, 1.165) is 36.7 Å². The second-order valence-electron chi connectivity index (χ2n) is 5.51. The minimum absolute atomic E-state index is 0.717. The van der Waals surface area contributed by atoms with Gasteiger partial charge in [-0.05, 0) is 58.3 Å². The van der Waals surface area contributed by atoms with Crippen molar-refractivity contribution < 1.29 is 0 Å². The molecule has 4 heteroatoms. The lowest BCUT2D eigenvalue weighted by Gasteiger charge is -2.26. The van der Waals surface area contributed by atoms with E-state index in [1.54, 1.807) is 0 Å². The minimum Gasteiger partial charge on any atom is -0.396 e. The summed E-state index contributed by atoms with van der Waals surface area (Å²) in [6, 6.07) is 14.2. The van der Waals surface area contributed by atoms with E-state index in [-0.39, 0.29) is 0 Å². The van der Waals surface area contributed by atoms with Crippen LogP contribution >= 0.6 is 0 Å². The summed E-state index contributed by atoms with van der Waals surface area (Å²) < 4.78 is 0. The quantitative estimate of drug-likeness (QED) is 0.885. The number of hydrogen-bond donors (Lipinski definition) is 1. The zero-order chi connectivity index (χ0) is 15.2. The first kappa shape index (κ1) is 15.3. The molecule has 112 valence electrons. The maximum absolute atomic E-state index is 6.14. The highest BCUT2D eigenvalue weighted by Crippen LogP contribution is 2.28. The molecule has 1 aromatic heterocycles. The molecule has 1 heterocycles. The molecule has 4 nitrogen and oxygen atoms in total. The summed E-state index contributed by atoms with van der Waals surface area (Å²) >= 11 is 0. The molecule has 2 aromatic rings. The van der Waals surface area contributed by atoms with E-state index in [1.165, 1.54) is 0 Å². The zero-order valence-electron chi connectivity index (χ0n) is 13.1. The molecule has 1 aromatic carbocycles. The number of aryl methyl sites for hydroxylation is 1. The summed E-state index contributed by atoms with van der Waals surface area (Å²) in [7, 11) is 4.18. The highest BCUT2D eigenvalue weighted by molar-refractivity contribution is 5.71. The van der Waals surface area contributed by atoms with Crippen LogP contribution in [0, 0.1) is 6.92 Å². The summed E-state index contributed by atoms with van der Waals surface area (Å²) in [5, 5.41) is 0. The number of nitrogen functional groups attached to an aromatic ring is 1. The largest absolute Gasteiger partial charge is 0.396 e. The average Bonchev–Trinajstić information content (AvgIpc) is 2.47. The Kier molecular flexibility index (Phi) is 5.17. The Hall–Kier alpha value is -2.07. The highest BCUT2D eigenvalue weighted by Gasteiger charge is 2.13. The standard InChI is InChI=1S/C17H24N4/c1-14-10-11-16(18)17(19-14)21(13-7-12-20(2)3)15-8-5-4-6-9-15/h4-6,8-11H,7,12-13,18H2,1-3H3. The third-order valence-electron chi connectivity index (χ3n) is 3.36. The van der Waals surface area contributed by atoms with Crippen LogP contribution in [0.5, 0.6) is 0 Å². The number of aromatic nitrogens is 1. The van der Waals surface area contributed by atoms with Crippen LogP contribution in [-0.4, -0.2) is 37.1 Å². The lowest BCUT2D eigenvalue weighted by atomic mass is 10.2. The first-order valence-electron chi connectivity index (χ1n) is 7.28. The van der Waals surface area contributed by atoms with Crippen molar-refractivity contribution in [3.8, 4) is 0 Å². The van der Waals surface area contributed by atoms with Crippen molar-refractivity contribution in [1.82, 2.24) is 9.88 Å². The van der Waals surface area contributed by atoms with Gasteiger partial charge in [0.2, 0.25) is 0 Å². The Morgan fingerprint density at radius 3 is 2.38 bits per heavy atom. The van der Waals surface area contributed by atoms with Crippen molar-refractivity contribution in [3.05, 3.63) is 48.2 Å². The van der Waals surface area contributed by atoms with Gasteiger partial charge in [0.15, 0.2) is 5.82 Å². The van der Waals surface area contributed by atoms with Gasteiger partial charge in [-0.2, -0.15) is 0 Å². The van der Waals surface area contributed by atoms with Gasteiger partial charge in [-0.15, -0.1) is 0 Å². The van der Waals surface area contributed by atoms with Crippen LogP contribution in [0.25, 0.3) is 0 Å². The third-order valence-corrected chi connectivity index (χ3v) is 3.36. The summed E-state index contributed by atoms with van der Waals surface area (Å²) in [6.07, 6.45) is 1.05. The van der Waals surface area contributed by atoms with E-state index in [4.69, 9.17) is 5.73 Å². The predicted octanol–water partition coefficient (Wildman–Crippen LogP) is 3.06. The Morgan fingerprint density at radius 2 is 1.71 bits per heavy atom. The van der Waals surface area contributed by atoms with Gasteiger partial charge in [-0.25, -0.2) is 4.98 Å². The van der Waals surface area contributed by atoms with Gasteiger partial charge in [0.05, 0.1) is 5.69 Å². The van der Waals surface area contributed by atoms with Crippen LogP contribution in [0.4, 0.5) is 17.2 Å². The Labute approximate surface area is 127 Å². The number of hydrogen-bond acceptors (Lipinski definition) is 4. The molecular formula is C17H24N4. The van der Waals surface area contributed by atoms with Crippen molar-refractivity contribution in [3.63, 3.8) is 0 Å². The van der Waals surface area contributed by atoms with Gasteiger partial charge < -0.3 is 15.5 Å². The summed E-state index contributed by atoms with van der Waals surface area (Å²) in [5.41, 5.74) is 8.97. The molecule has 0 bridgehead atoms. The molecule has 0 spiro atoms. The second kappa shape index (κ2) is 7.09. The van der Waals surface area contributed by atoms with Crippen LogP contribution in [0.15, 0.2) is 42.5 Å². The molecule has 0 fully saturated rings. The molecule has 21 heavy (non-hydrogen) atoms. The molecule has 0 saturated heterocycles. The molecule has 0 radical (unpaired) electrons. The number of anilines is 3. The SMILES string of the molecule is Cc1ccc(N)c(N(CCCN(C)C)c2ccccc2)n1. The van der Waals surface area contributed by atoms with Crippen molar-refractivity contribution in [2.45, 2.75) is 13.3 Å². The fourth-order valence-electron chi connectivity index (χ4n) is 2.28. The van der Waals surface area contributed by atoms with Crippen LogP contribution in [-0.2, 0) is 0 Å². The van der Waals surface area contributed by atoms with E-state index in [9.17, 15) is 0 Å².